The van der Waals surface area contributed by atoms with Crippen molar-refractivity contribution in [2.24, 2.45) is 0 Å². The van der Waals surface area contributed by atoms with Crippen LogP contribution in [-0.4, -0.2) is 35.7 Å². The van der Waals surface area contributed by atoms with Gasteiger partial charge in [0.15, 0.2) is 11.9 Å². The Bertz CT molecular complexity index is 1040. The zero-order valence-electron chi connectivity index (χ0n) is 18.8. The third kappa shape index (κ3) is 5.41. The second-order valence-electron chi connectivity index (χ2n) is 7.57. The lowest BCUT2D eigenvalue weighted by Crippen LogP contribution is -2.36. The van der Waals surface area contributed by atoms with E-state index in [1.807, 2.05) is 63.2 Å². The highest BCUT2D eigenvalue weighted by atomic mass is 16.5. The number of benzene rings is 2. The van der Waals surface area contributed by atoms with Crippen LogP contribution in [0.25, 0.3) is 5.53 Å². The quantitative estimate of drug-likeness (QED) is 0.398. The average Bonchev–Trinajstić information content (AvgIpc) is 2.83. The van der Waals surface area contributed by atoms with Gasteiger partial charge in [0.2, 0.25) is 0 Å². The first-order valence-electron chi connectivity index (χ1n) is 11.0. The lowest BCUT2D eigenvalue weighted by atomic mass is 10.0. The number of rotatable bonds is 9. The molecule has 166 valence electrons. The number of hydrogen-bond acceptors (Lipinski definition) is 3. The van der Waals surface area contributed by atoms with Gasteiger partial charge in [0.05, 0.1) is 18.4 Å². The molecule has 0 radical (unpaired) electrons. The van der Waals surface area contributed by atoms with Crippen molar-refractivity contribution in [3.05, 3.63) is 94.9 Å². The topological polar surface area (TPSA) is 75.2 Å². The molecule has 0 N–H and O–H groups in total. The van der Waals surface area contributed by atoms with E-state index in [2.05, 4.69) is 4.79 Å². The molecule has 6 nitrogen and oxygen atoms in total. The molecule has 0 heterocycles. The third-order valence-corrected chi connectivity index (χ3v) is 4.97. The van der Waals surface area contributed by atoms with Crippen LogP contribution in [0.5, 0.6) is 0 Å². The van der Waals surface area contributed by atoms with E-state index in [-0.39, 0.29) is 5.91 Å². The van der Waals surface area contributed by atoms with Gasteiger partial charge < -0.3 is 15.0 Å². The Morgan fingerprint density at radius 3 is 2.34 bits per heavy atom. The van der Waals surface area contributed by atoms with E-state index in [9.17, 15) is 10.3 Å². The summed E-state index contributed by atoms with van der Waals surface area (Å²) >= 11 is 0. The van der Waals surface area contributed by atoms with Gasteiger partial charge in [-0.3, -0.25) is 9.69 Å². The first-order valence-corrected chi connectivity index (χ1v) is 11.0. The minimum Gasteiger partial charge on any atom is -0.491 e. The summed E-state index contributed by atoms with van der Waals surface area (Å²) in [5.74, 6) is 0.270. The summed E-state index contributed by atoms with van der Waals surface area (Å²) in [6.45, 7) is 6.97. The van der Waals surface area contributed by atoms with E-state index in [4.69, 9.17) is 9.47 Å². The molecule has 1 atom stereocenters. The maximum atomic E-state index is 13.7. The van der Waals surface area contributed by atoms with Crippen LogP contribution in [0.1, 0.15) is 42.6 Å². The molecule has 6 heteroatoms. The SMILES string of the molecule is CCCOC1=CC(=[N+]=[N-])C(OCCC)C=C1N(C(=O)c1ccccc1)c1ccc(C)cc1. The van der Waals surface area contributed by atoms with Crippen LogP contribution >= 0.6 is 0 Å². The van der Waals surface area contributed by atoms with Crippen LogP contribution in [-0.2, 0) is 9.47 Å². The minimum absolute atomic E-state index is 0.190. The maximum absolute atomic E-state index is 13.7. The maximum Gasteiger partial charge on any atom is 0.328 e. The molecular weight excluding hydrogens is 402 g/mol. The molecule has 1 aliphatic carbocycles. The molecule has 1 unspecified atom stereocenters. The van der Waals surface area contributed by atoms with Crippen LogP contribution in [0.15, 0.2) is 78.2 Å². The Labute approximate surface area is 189 Å². The molecule has 32 heavy (non-hydrogen) atoms. The standard InChI is InChI=1S/C26H29N3O3/c1-4-15-31-24-18-23(25(32-16-5-2)17-22(24)28-27)29(21-13-11-19(3)12-14-21)26(30)20-9-7-6-8-10-20/h6-14,17-18,24H,4-5,15-16H2,1-3H3. The lowest BCUT2D eigenvalue weighted by molar-refractivity contribution is -0.0232. The molecular formula is C26H29N3O3. The summed E-state index contributed by atoms with van der Waals surface area (Å²) in [5.41, 5.74) is 12.8. The fourth-order valence-corrected chi connectivity index (χ4v) is 3.35. The van der Waals surface area contributed by atoms with Crippen molar-refractivity contribution in [3.8, 4) is 0 Å². The van der Waals surface area contributed by atoms with Gasteiger partial charge in [-0.05, 0) is 50.1 Å². The number of hydrogen-bond donors (Lipinski definition) is 0. The van der Waals surface area contributed by atoms with Crippen molar-refractivity contribution < 1.29 is 19.1 Å². The average molecular weight is 432 g/mol. The van der Waals surface area contributed by atoms with Gasteiger partial charge in [-0.25, -0.2) is 0 Å². The predicted octanol–water partition coefficient (Wildman–Crippen LogP) is 5.32. The van der Waals surface area contributed by atoms with E-state index in [0.29, 0.717) is 41.6 Å². The van der Waals surface area contributed by atoms with E-state index < -0.39 is 6.10 Å². The summed E-state index contributed by atoms with van der Waals surface area (Å²) in [6.07, 6.45) is 4.44. The fraction of sp³-hybridized carbons (Fsp3) is 0.308. The van der Waals surface area contributed by atoms with Gasteiger partial charge >= 0.3 is 5.71 Å². The Hall–Kier alpha value is -3.47. The number of amides is 1. The van der Waals surface area contributed by atoms with Crippen molar-refractivity contribution in [2.45, 2.75) is 39.7 Å². The van der Waals surface area contributed by atoms with Crippen molar-refractivity contribution in [2.75, 3.05) is 18.1 Å². The molecule has 1 aliphatic rings. The highest BCUT2D eigenvalue weighted by molar-refractivity contribution is 6.10. The summed E-state index contributed by atoms with van der Waals surface area (Å²) < 4.78 is 11.9. The van der Waals surface area contributed by atoms with E-state index in [1.54, 1.807) is 29.2 Å². The van der Waals surface area contributed by atoms with E-state index in [0.717, 1.165) is 18.4 Å². The number of carbonyl (C=O) groups is 1. The number of ether oxygens (including phenoxy) is 2. The Kier molecular flexibility index (Phi) is 8.14. The number of nitrogens with zero attached hydrogens (tertiary/aromatic N) is 3. The highest BCUT2D eigenvalue weighted by Crippen LogP contribution is 2.31. The summed E-state index contributed by atoms with van der Waals surface area (Å²) in [6, 6.07) is 16.9. The van der Waals surface area contributed by atoms with Crippen molar-refractivity contribution in [1.29, 1.82) is 0 Å². The molecule has 0 saturated heterocycles. The van der Waals surface area contributed by atoms with Crippen molar-refractivity contribution in [3.63, 3.8) is 0 Å². The third-order valence-electron chi connectivity index (χ3n) is 4.97. The molecule has 0 saturated carbocycles. The lowest BCUT2D eigenvalue weighted by Gasteiger charge is -2.30. The molecule has 0 fully saturated rings. The molecule has 2 aromatic carbocycles. The molecule has 0 aromatic heterocycles. The number of aryl methyl sites for hydroxylation is 1. The van der Waals surface area contributed by atoms with Gasteiger partial charge in [-0.1, -0.05) is 49.7 Å². The van der Waals surface area contributed by atoms with Crippen molar-refractivity contribution in [1.82, 2.24) is 0 Å². The van der Waals surface area contributed by atoms with Crippen LogP contribution in [0.2, 0.25) is 0 Å². The molecule has 2 aromatic rings. The zero-order valence-corrected chi connectivity index (χ0v) is 18.8. The summed E-state index contributed by atoms with van der Waals surface area (Å²) in [5, 5.41) is 0. The molecule has 0 bridgehead atoms. The second-order valence-corrected chi connectivity index (χ2v) is 7.57. The normalized spacial score (nSPS) is 15.5. The van der Waals surface area contributed by atoms with Crippen LogP contribution in [0.4, 0.5) is 5.69 Å². The summed E-state index contributed by atoms with van der Waals surface area (Å²) in [7, 11) is 0. The number of anilines is 1. The largest absolute Gasteiger partial charge is 0.491 e. The van der Waals surface area contributed by atoms with Gasteiger partial charge in [0.25, 0.3) is 5.91 Å². The van der Waals surface area contributed by atoms with E-state index >= 15 is 0 Å². The Balaban J connectivity index is 2.14. The zero-order chi connectivity index (χ0) is 22.9. The van der Waals surface area contributed by atoms with Gasteiger partial charge in [-0.2, -0.15) is 4.79 Å². The molecule has 0 aliphatic heterocycles. The molecule has 1 amide bonds. The highest BCUT2D eigenvalue weighted by Gasteiger charge is 2.34. The van der Waals surface area contributed by atoms with Crippen LogP contribution < -0.4 is 4.90 Å². The molecule has 0 spiro atoms. The Morgan fingerprint density at radius 1 is 1.03 bits per heavy atom. The Morgan fingerprint density at radius 2 is 1.72 bits per heavy atom. The second kappa shape index (κ2) is 11.2. The van der Waals surface area contributed by atoms with Crippen LogP contribution in [0, 0.1) is 6.92 Å². The smallest absolute Gasteiger partial charge is 0.328 e. The number of carbonyl (C=O) groups excluding carboxylic acids is 1. The predicted molar refractivity (Wildman–Crippen MR) is 125 cm³/mol. The van der Waals surface area contributed by atoms with Crippen molar-refractivity contribution >= 4 is 17.3 Å². The first-order chi connectivity index (χ1) is 15.6. The van der Waals surface area contributed by atoms with Crippen LogP contribution in [0.3, 0.4) is 0 Å². The summed E-state index contributed by atoms with van der Waals surface area (Å²) in [4.78, 5) is 18.7. The molecule has 3 rings (SSSR count). The fourth-order valence-electron chi connectivity index (χ4n) is 3.35. The van der Waals surface area contributed by atoms with Gasteiger partial charge in [-0.15, -0.1) is 0 Å². The first kappa shape index (κ1) is 23.2. The monoisotopic (exact) mass is 431 g/mol. The van der Waals surface area contributed by atoms with Gasteiger partial charge in [0.1, 0.15) is 0 Å². The van der Waals surface area contributed by atoms with Gasteiger partial charge in [0, 0.05) is 17.9 Å². The minimum atomic E-state index is -0.597. The van der Waals surface area contributed by atoms with E-state index in [1.165, 1.54) is 0 Å².